The van der Waals surface area contributed by atoms with Gasteiger partial charge in [0.2, 0.25) is 0 Å². The van der Waals surface area contributed by atoms with Crippen LogP contribution in [-0.4, -0.2) is 26.4 Å². The Morgan fingerprint density at radius 3 is 2.47 bits per heavy atom. The van der Waals surface area contributed by atoms with Crippen LogP contribution in [0.4, 0.5) is 5.69 Å². The monoisotopic (exact) mass is 267 g/mol. The molecule has 0 aliphatic carbocycles. The number of benzene rings is 1. The van der Waals surface area contributed by atoms with E-state index in [1.807, 2.05) is 26.0 Å². The topological polar surface area (TPSA) is 62.9 Å². The van der Waals surface area contributed by atoms with E-state index in [0.29, 0.717) is 43.6 Å². The molecule has 1 aliphatic heterocycles. The van der Waals surface area contributed by atoms with Gasteiger partial charge in [0.1, 0.15) is 0 Å². The summed E-state index contributed by atoms with van der Waals surface area (Å²) >= 11 is 0. The predicted molar refractivity (Wildman–Crippen MR) is 72.5 cm³/mol. The van der Waals surface area contributed by atoms with E-state index in [0.717, 1.165) is 12.0 Å². The maximum atomic E-state index is 6.03. The lowest BCUT2D eigenvalue weighted by atomic mass is 10.1. The Kier molecular flexibility index (Phi) is 4.87. The predicted octanol–water partition coefficient (Wildman–Crippen LogP) is 2.50. The second-order valence-corrected chi connectivity index (χ2v) is 4.23. The van der Waals surface area contributed by atoms with Crippen molar-refractivity contribution in [2.45, 2.75) is 26.6 Å². The Morgan fingerprint density at radius 2 is 1.84 bits per heavy atom. The van der Waals surface area contributed by atoms with E-state index in [1.165, 1.54) is 0 Å². The van der Waals surface area contributed by atoms with Crippen molar-refractivity contribution in [2.75, 3.05) is 32.2 Å². The van der Waals surface area contributed by atoms with Gasteiger partial charge in [0.05, 0.1) is 32.1 Å². The first-order chi connectivity index (χ1) is 9.26. The van der Waals surface area contributed by atoms with Crippen LogP contribution < -0.4 is 15.2 Å². The SMILES string of the molecule is CCOc1cc(C2OCCCO2)cc(N)c1OCC. The number of ether oxygens (including phenoxy) is 4. The van der Waals surface area contributed by atoms with Crippen molar-refractivity contribution in [1.82, 2.24) is 0 Å². The summed E-state index contributed by atoms with van der Waals surface area (Å²) in [4.78, 5) is 0. The summed E-state index contributed by atoms with van der Waals surface area (Å²) in [5.41, 5.74) is 7.44. The van der Waals surface area contributed by atoms with E-state index in [2.05, 4.69) is 0 Å². The van der Waals surface area contributed by atoms with Gasteiger partial charge in [0, 0.05) is 5.56 Å². The van der Waals surface area contributed by atoms with Gasteiger partial charge in [0.25, 0.3) is 0 Å². The lowest BCUT2D eigenvalue weighted by Crippen LogP contribution is -2.18. The summed E-state index contributed by atoms with van der Waals surface area (Å²) < 4.78 is 22.3. The van der Waals surface area contributed by atoms with Crippen LogP contribution in [0, 0.1) is 0 Å². The molecule has 2 rings (SSSR count). The van der Waals surface area contributed by atoms with Gasteiger partial charge in [-0.3, -0.25) is 0 Å². The van der Waals surface area contributed by atoms with Gasteiger partial charge < -0.3 is 24.7 Å². The van der Waals surface area contributed by atoms with Gasteiger partial charge in [-0.05, 0) is 32.4 Å². The first-order valence-corrected chi connectivity index (χ1v) is 6.68. The van der Waals surface area contributed by atoms with Crippen molar-refractivity contribution in [3.63, 3.8) is 0 Å². The molecule has 106 valence electrons. The van der Waals surface area contributed by atoms with Gasteiger partial charge >= 0.3 is 0 Å². The Hall–Kier alpha value is -1.46. The molecule has 0 spiro atoms. The van der Waals surface area contributed by atoms with Gasteiger partial charge in [0.15, 0.2) is 17.8 Å². The number of nitrogens with two attached hydrogens (primary N) is 1. The normalized spacial score (nSPS) is 16.3. The summed E-state index contributed by atoms with van der Waals surface area (Å²) in [6.45, 7) is 6.32. The van der Waals surface area contributed by atoms with Crippen LogP contribution in [0.1, 0.15) is 32.1 Å². The third-order valence-corrected chi connectivity index (χ3v) is 2.79. The number of hydrogen-bond donors (Lipinski definition) is 1. The fraction of sp³-hybridized carbons (Fsp3) is 0.571. The quantitative estimate of drug-likeness (QED) is 0.830. The lowest BCUT2D eigenvalue weighted by Gasteiger charge is -2.25. The van der Waals surface area contributed by atoms with Crippen molar-refractivity contribution in [3.8, 4) is 11.5 Å². The molecular formula is C14H21NO4. The van der Waals surface area contributed by atoms with Crippen molar-refractivity contribution in [2.24, 2.45) is 0 Å². The molecule has 1 aliphatic rings. The van der Waals surface area contributed by atoms with Crippen molar-refractivity contribution >= 4 is 5.69 Å². The highest BCUT2D eigenvalue weighted by molar-refractivity contribution is 5.62. The van der Waals surface area contributed by atoms with Crippen LogP contribution in [0.5, 0.6) is 11.5 Å². The summed E-state index contributed by atoms with van der Waals surface area (Å²) in [5.74, 6) is 1.22. The molecule has 5 nitrogen and oxygen atoms in total. The highest BCUT2D eigenvalue weighted by Crippen LogP contribution is 2.38. The highest BCUT2D eigenvalue weighted by Gasteiger charge is 2.20. The Bertz CT molecular complexity index is 416. The van der Waals surface area contributed by atoms with Crippen LogP contribution >= 0.6 is 0 Å². The maximum absolute atomic E-state index is 6.03. The van der Waals surface area contributed by atoms with E-state index in [1.54, 1.807) is 0 Å². The van der Waals surface area contributed by atoms with E-state index < -0.39 is 0 Å². The molecule has 1 saturated heterocycles. The Labute approximate surface area is 113 Å². The molecule has 19 heavy (non-hydrogen) atoms. The summed E-state index contributed by atoms with van der Waals surface area (Å²) in [7, 11) is 0. The minimum absolute atomic E-state index is 0.370. The summed E-state index contributed by atoms with van der Waals surface area (Å²) in [6, 6.07) is 3.70. The zero-order valence-corrected chi connectivity index (χ0v) is 11.5. The van der Waals surface area contributed by atoms with E-state index >= 15 is 0 Å². The molecule has 5 heteroatoms. The van der Waals surface area contributed by atoms with E-state index in [-0.39, 0.29) is 6.29 Å². The van der Waals surface area contributed by atoms with Crippen LogP contribution in [-0.2, 0) is 9.47 Å². The van der Waals surface area contributed by atoms with Crippen LogP contribution in [0.15, 0.2) is 12.1 Å². The minimum atomic E-state index is -0.370. The molecule has 0 radical (unpaired) electrons. The molecule has 0 aromatic heterocycles. The number of hydrogen-bond acceptors (Lipinski definition) is 5. The third-order valence-electron chi connectivity index (χ3n) is 2.79. The summed E-state index contributed by atoms with van der Waals surface area (Å²) in [5, 5.41) is 0. The molecule has 0 atom stereocenters. The molecular weight excluding hydrogens is 246 g/mol. The molecule has 1 fully saturated rings. The molecule has 1 heterocycles. The Morgan fingerprint density at radius 1 is 1.16 bits per heavy atom. The fourth-order valence-corrected chi connectivity index (χ4v) is 2.02. The standard InChI is InChI=1S/C14H21NO4/c1-3-16-12-9-10(14-18-6-5-7-19-14)8-11(15)13(12)17-4-2/h8-9,14H,3-7,15H2,1-2H3. The van der Waals surface area contributed by atoms with Crippen LogP contribution in [0.2, 0.25) is 0 Å². The average Bonchev–Trinajstić information content (AvgIpc) is 2.43. The zero-order valence-electron chi connectivity index (χ0n) is 11.5. The molecule has 0 unspecified atom stereocenters. The van der Waals surface area contributed by atoms with Crippen LogP contribution in [0.3, 0.4) is 0 Å². The number of nitrogen functional groups attached to an aromatic ring is 1. The smallest absolute Gasteiger partial charge is 0.184 e. The molecule has 0 bridgehead atoms. The van der Waals surface area contributed by atoms with Gasteiger partial charge in [-0.1, -0.05) is 0 Å². The zero-order chi connectivity index (χ0) is 13.7. The first-order valence-electron chi connectivity index (χ1n) is 6.68. The highest BCUT2D eigenvalue weighted by atomic mass is 16.7. The van der Waals surface area contributed by atoms with Gasteiger partial charge in [-0.15, -0.1) is 0 Å². The van der Waals surface area contributed by atoms with Gasteiger partial charge in [-0.2, -0.15) is 0 Å². The van der Waals surface area contributed by atoms with Crippen molar-refractivity contribution in [3.05, 3.63) is 17.7 Å². The largest absolute Gasteiger partial charge is 0.490 e. The maximum Gasteiger partial charge on any atom is 0.184 e. The fourth-order valence-electron chi connectivity index (χ4n) is 2.02. The number of anilines is 1. The second-order valence-electron chi connectivity index (χ2n) is 4.23. The van der Waals surface area contributed by atoms with E-state index in [4.69, 9.17) is 24.7 Å². The minimum Gasteiger partial charge on any atom is -0.490 e. The van der Waals surface area contributed by atoms with Gasteiger partial charge in [-0.25, -0.2) is 0 Å². The first kappa shape index (κ1) is 14.0. The average molecular weight is 267 g/mol. The number of rotatable bonds is 5. The second kappa shape index (κ2) is 6.63. The molecule has 2 N–H and O–H groups in total. The molecule has 0 saturated carbocycles. The Balaban J connectivity index is 2.29. The lowest BCUT2D eigenvalue weighted by molar-refractivity contribution is -0.183. The van der Waals surface area contributed by atoms with Crippen LogP contribution in [0.25, 0.3) is 0 Å². The third kappa shape index (κ3) is 3.30. The van der Waals surface area contributed by atoms with E-state index in [9.17, 15) is 0 Å². The molecule has 1 aromatic carbocycles. The molecule has 1 aromatic rings. The summed E-state index contributed by atoms with van der Waals surface area (Å²) in [6.07, 6.45) is 0.548. The van der Waals surface area contributed by atoms with Crippen molar-refractivity contribution in [1.29, 1.82) is 0 Å². The molecule has 0 amide bonds. The van der Waals surface area contributed by atoms with Crippen molar-refractivity contribution < 1.29 is 18.9 Å².